The highest BCUT2D eigenvalue weighted by molar-refractivity contribution is 5.99. The predicted octanol–water partition coefficient (Wildman–Crippen LogP) is 3.95. The number of hydrogen-bond acceptors (Lipinski definition) is 6. The van der Waals surface area contributed by atoms with Crippen molar-refractivity contribution in [3.05, 3.63) is 71.5 Å². The number of carbonyl (C=O) groups is 2. The smallest absolute Gasteiger partial charge is 0.357 e. The summed E-state index contributed by atoms with van der Waals surface area (Å²) in [4.78, 5) is 25.5. The topological polar surface area (TPSA) is 79.7 Å². The normalized spacial score (nSPS) is 15.2. The Kier molecular flexibility index (Phi) is 5.16. The van der Waals surface area contributed by atoms with Gasteiger partial charge in [0.2, 0.25) is 0 Å². The van der Waals surface area contributed by atoms with Crippen molar-refractivity contribution in [1.82, 2.24) is 9.78 Å². The van der Waals surface area contributed by atoms with Gasteiger partial charge < -0.3 is 14.2 Å². The summed E-state index contributed by atoms with van der Waals surface area (Å²) in [6, 6.07) is 16.2. The third kappa shape index (κ3) is 4.17. The average Bonchev–Trinajstić information content (AvgIpc) is 3.60. The molecule has 1 aliphatic carbocycles. The summed E-state index contributed by atoms with van der Waals surface area (Å²) < 4.78 is 18.2. The fraction of sp³-hybridized carbons (Fsp3) is 0.292. The Morgan fingerprint density at radius 3 is 2.55 bits per heavy atom. The Bertz CT molecular complexity index is 1120. The van der Waals surface area contributed by atoms with E-state index in [-0.39, 0.29) is 12.4 Å². The SMILES string of the molecule is O=C(COC(=O)c1cc(C2CC2)nn1-c1ccccc1)c1ccc2c(c1)OCCCO2. The van der Waals surface area contributed by atoms with E-state index in [9.17, 15) is 9.59 Å². The van der Waals surface area contributed by atoms with E-state index in [4.69, 9.17) is 14.2 Å². The highest BCUT2D eigenvalue weighted by Crippen LogP contribution is 2.39. The molecule has 5 rings (SSSR count). The number of ether oxygens (including phenoxy) is 3. The first-order valence-corrected chi connectivity index (χ1v) is 10.4. The Balaban J connectivity index is 1.32. The van der Waals surface area contributed by atoms with Crippen LogP contribution in [0.15, 0.2) is 54.6 Å². The van der Waals surface area contributed by atoms with E-state index in [0.29, 0.717) is 41.9 Å². The Labute approximate surface area is 179 Å². The van der Waals surface area contributed by atoms with Crippen molar-refractivity contribution in [2.24, 2.45) is 0 Å². The fourth-order valence-corrected chi connectivity index (χ4v) is 3.51. The molecule has 0 amide bonds. The molecular weight excluding hydrogens is 396 g/mol. The number of aromatic nitrogens is 2. The minimum atomic E-state index is -0.578. The summed E-state index contributed by atoms with van der Waals surface area (Å²) >= 11 is 0. The number of para-hydroxylation sites is 1. The standard InChI is InChI=1S/C24H22N2O5/c27-21(17-9-10-22-23(13-17)30-12-4-11-29-22)15-31-24(28)20-14-19(16-7-8-16)25-26(20)18-5-2-1-3-6-18/h1-3,5-6,9-10,13-14,16H,4,7-8,11-12,15H2. The van der Waals surface area contributed by atoms with Gasteiger partial charge in [0.05, 0.1) is 24.6 Å². The number of hydrogen-bond donors (Lipinski definition) is 0. The van der Waals surface area contributed by atoms with Crippen LogP contribution in [0.4, 0.5) is 0 Å². The Hall–Kier alpha value is -3.61. The molecule has 0 unspecified atom stereocenters. The monoisotopic (exact) mass is 418 g/mol. The molecular formula is C24H22N2O5. The van der Waals surface area contributed by atoms with Gasteiger partial charge in [-0.05, 0) is 49.2 Å². The van der Waals surface area contributed by atoms with Crippen molar-refractivity contribution in [1.29, 1.82) is 0 Å². The minimum Gasteiger partial charge on any atom is -0.490 e. The van der Waals surface area contributed by atoms with Crippen LogP contribution in [-0.4, -0.2) is 41.4 Å². The first-order valence-electron chi connectivity index (χ1n) is 10.4. The Morgan fingerprint density at radius 2 is 1.77 bits per heavy atom. The van der Waals surface area contributed by atoms with E-state index >= 15 is 0 Å². The number of Topliss-reactive ketones (excluding diaryl/α,β-unsaturated/α-hetero) is 1. The second kappa shape index (κ2) is 8.26. The summed E-state index contributed by atoms with van der Waals surface area (Å²) in [5.74, 6) is 0.652. The molecule has 3 aromatic rings. The van der Waals surface area contributed by atoms with E-state index < -0.39 is 5.97 Å². The predicted molar refractivity (Wildman–Crippen MR) is 112 cm³/mol. The number of nitrogens with zero attached hydrogens (tertiary/aromatic N) is 2. The number of rotatable bonds is 6. The molecule has 1 aliphatic heterocycles. The lowest BCUT2D eigenvalue weighted by Gasteiger charge is -2.10. The van der Waals surface area contributed by atoms with Crippen LogP contribution in [0.1, 0.15) is 51.7 Å². The van der Waals surface area contributed by atoms with E-state index in [2.05, 4.69) is 5.10 Å². The summed E-state index contributed by atoms with van der Waals surface area (Å²) in [5, 5.41) is 4.61. The first kappa shape index (κ1) is 19.4. The van der Waals surface area contributed by atoms with Crippen LogP contribution in [0.2, 0.25) is 0 Å². The Morgan fingerprint density at radius 1 is 1.00 bits per heavy atom. The van der Waals surface area contributed by atoms with E-state index in [1.54, 1.807) is 28.9 Å². The lowest BCUT2D eigenvalue weighted by atomic mass is 10.1. The summed E-state index contributed by atoms with van der Waals surface area (Å²) in [5.41, 5.74) is 2.38. The van der Waals surface area contributed by atoms with Gasteiger partial charge in [0.15, 0.2) is 29.6 Å². The number of benzene rings is 2. The van der Waals surface area contributed by atoms with Crippen LogP contribution >= 0.6 is 0 Å². The third-order valence-electron chi connectivity index (χ3n) is 5.34. The summed E-state index contributed by atoms with van der Waals surface area (Å²) in [6.07, 6.45) is 2.93. The molecule has 2 aliphatic rings. The van der Waals surface area contributed by atoms with Crippen molar-refractivity contribution in [3.63, 3.8) is 0 Å². The lowest BCUT2D eigenvalue weighted by Crippen LogP contribution is -2.17. The molecule has 0 saturated heterocycles. The largest absolute Gasteiger partial charge is 0.490 e. The first-order chi connectivity index (χ1) is 15.2. The van der Waals surface area contributed by atoms with Gasteiger partial charge >= 0.3 is 5.97 Å². The van der Waals surface area contributed by atoms with Crippen LogP contribution < -0.4 is 9.47 Å². The van der Waals surface area contributed by atoms with E-state index in [1.807, 2.05) is 30.3 Å². The second-order valence-electron chi connectivity index (χ2n) is 7.69. The van der Waals surface area contributed by atoms with Crippen LogP contribution in [0.3, 0.4) is 0 Å². The fourth-order valence-electron chi connectivity index (χ4n) is 3.51. The lowest BCUT2D eigenvalue weighted by molar-refractivity contribution is 0.0465. The number of carbonyl (C=O) groups excluding carboxylic acids is 2. The minimum absolute atomic E-state index is 0.308. The molecule has 0 N–H and O–H groups in total. The quantitative estimate of drug-likeness (QED) is 0.445. The molecule has 7 heteroatoms. The van der Waals surface area contributed by atoms with Crippen LogP contribution in [0.25, 0.3) is 5.69 Å². The van der Waals surface area contributed by atoms with E-state index in [1.165, 1.54) is 0 Å². The van der Waals surface area contributed by atoms with Crippen LogP contribution in [0, 0.1) is 0 Å². The molecule has 31 heavy (non-hydrogen) atoms. The molecule has 1 aromatic heterocycles. The van der Waals surface area contributed by atoms with Gasteiger partial charge in [-0.1, -0.05) is 18.2 Å². The molecule has 2 aromatic carbocycles. The molecule has 0 radical (unpaired) electrons. The van der Waals surface area contributed by atoms with Crippen molar-refractivity contribution >= 4 is 11.8 Å². The maximum atomic E-state index is 12.8. The van der Waals surface area contributed by atoms with Gasteiger partial charge in [0, 0.05) is 17.9 Å². The van der Waals surface area contributed by atoms with Crippen molar-refractivity contribution in [3.8, 4) is 17.2 Å². The molecule has 2 heterocycles. The zero-order valence-electron chi connectivity index (χ0n) is 17.0. The maximum absolute atomic E-state index is 12.8. The summed E-state index contributed by atoms with van der Waals surface area (Å²) in [7, 11) is 0. The molecule has 7 nitrogen and oxygen atoms in total. The highest BCUT2D eigenvalue weighted by Gasteiger charge is 2.29. The van der Waals surface area contributed by atoms with Crippen LogP contribution in [0.5, 0.6) is 11.5 Å². The van der Waals surface area contributed by atoms with E-state index in [0.717, 1.165) is 30.6 Å². The number of esters is 1. The van der Waals surface area contributed by atoms with Crippen molar-refractivity contribution in [2.75, 3.05) is 19.8 Å². The highest BCUT2D eigenvalue weighted by atomic mass is 16.5. The average molecular weight is 418 g/mol. The van der Waals surface area contributed by atoms with Gasteiger partial charge in [0.25, 0.3) is 0 Å². The zero-order valence-corrected chi connectivity index (χ0v) is 17.0. The van der Waals surface area contributed by atoms with Crippen molar-refractivity contribution < 1.29 is 23.8 Å². The third-order valence-corrected chi connectivity index (χ3v) is 5.34. The number of ketones is 1. The maximum Gasteiger partial charge on any atom is 0.357 e. The van der Waals surface area contributed by atoms with Crippen molar-refractivity contribution in [2.45, 2.75) is 25.2 Å². The molecule has 1 saturated carbocycles. The summed E-state index contributed by atoms with van der Waals surface area (Å²) in [6.45, 7) is 0.749. The molecule has 0 spiro atoms. The molecule has 1 fully saturated rings. The molecule has 158 valence electrons. The molecule has 0 bridgehead atoms. The second-order valence-corrected chi connectivity index (χ2v) is 7.69. The molecule has 0 atom stereocenters. The van der Waals surface area contributed by atoms with Gasteiger partial charge in [0.1, 0.15) is 0 Å². The zero-order chi connectivity index (χ0) is 21.2. The van der Waals surface area contributed by atoms with Crippen LogP contribution in [-0.2, 0) is 4.74 Å². The van der Waals surface area contributed by atoms with Gasteiger partial charge in [-0.15, -0.1) is 0 Å². The van der Waals surface area contributed by atoms with Gasteiger partial charge in [-0.3, -0.25) is 4.79 Å². The number of fused-ring (bicyclic) bond motifs is 1. The van der Waals surface area contributed by atoms with Gasteiger partial charge in [-0.2, -0.15) is 5.10 Å². The van der Waals surface area contributed by atoms with Gasteiger partial charge in [-0.25, -0.2) is 9.48 Å².